The molecule has 0 aromatic heterocycles. The van der Waals surface area contributed by atoms with Gasteiger partial charge in [0.1, 0.15) is 5.82 Å². The minimum atomic E-state index is -0.289. The topological polar surface area (TPSA) is 38.0 Å². The SMILES string of the molecule is Cc1ccc(C(NN)c2cccc(F)c2Br)c(C)c1. The first kappa shape index (κ1) is 14.2. The van der Waals surface area contributed by atoms with E-state index in [2.05, 4.69) is 27.4 Å². The number of hydrogen-bond acceptors (Lipinski definition) is 2. The summed E-state index contributed by atoms with van der Waals surface area (Å²) in [6.45, 7) is 4.07. The third kappa shape index (κ3) is 2.86. The van der Waals surface area contributed by atoms with E-state index in [1.54, 1.807) is 6.07 Å². The molecule has 1 atom stereocenters. The maximum atomic E-state index is 13.6. The summed E-state index contributed by atoms with van der Waals surface area (Å²) in [6, 6.07) is 10.9. The molecule has 0 amide bonds. The number of halogens is 2. The lowest BCUT2D eigenvalue weighted by atomic mass is 9.94. The molecular formula is C15H16BrFN2. The third-order valence-corrected chi connectivity index (χ3v) is 4.03. The van der Waals surface area contributed by atoms with Gasteiger partial charge in [0, 0.05) is 0 Å². The predicted molar refractivity (Wildman–Crippen MR) is 79.2 cm³/mol. The molecule has 0 saturated heterocycles. The van der Waals surface area contributed by atoms with E-state index in [4.69, 9.17) is 5.84 Å². The molecule has 0 aliphatic carbocycles. The second-order valence-electron chi connectivity index (χ2n) is 4.60. The molecule has 2 nitrogen and oxygen atoms in total. The largest absolute Gasteiger partial charge is 0.271 e. The molecule has 0 radical (unpaired) electrons. The van der Waals surface area contributed by atoms with Gasteiger partial charge >= 0.3 is 0 Å². The van der Waals surface area contributed by atoms with E-state index in [-0.39, 0.29) is 11.9 Å². The summed E-state index contributed by atoms with van der Waals surface area (Å²) in [5, 5.41) is 0. The van der Waals surface area contributed by atoms with Crippen LogP contribution in [-0.4, -0.2) is 0 Å². The normalized spacial score (nSPS) is 12.5. The molecule has 3 N–H and O–H groups in total. The van der Waals surface area contributed by atoms with Crippen LogP contribution in [0.1, 0.15) is 28.3 Å². The van der Waals surface area contributed by atoms with Crippen molar-refractivity contribution in [1.82, 2.24) is 5.43 Å². The molecular weight excluding hydrogens is 307 g/mol. The lowest BCUT2D eigenvalue weighted by Gasteiger charge is -2.21. The molecule has 100 valence electrons. The Morgan fingerprint density at radius 3 is 2.53 bits per heavy atom. The zero-order valence-electron chi connectivity index (χ0n) is 10.9. The molecule has 19 heavy (non-hydrogen) atoms. The van der Waals surface area contributed by atoms with E-state index in [1.165, 1.54) is 11.6 Å². The highest BCUT2D eigenvalue weighted by atomic mass is 79.9. The van der Waals surface area contributed by atoms with Crippen LogP contribution in [0.5, 0.6) is 0 Å². The number of aryl methyl sites for hydroxylation is 2. The number of benzene rings is 2. The van der Waals surface area contributed by atoms with Crippen molar-refractivity contribution in [2.75, 3.05) is 0 Å². The molecule has 0 fully saturated rings. The fourth-order valence-corrected chi connectivity index (χ4v) is 2.73. The van der Waals surface area contributed by atoms with Crippen molar-refractivity contribution in [2.45, 2.75) is 19.9 Å². The smallest absolute Gasteiger partial charge is 0.137 e. The van der Waals surface area contributed by atoms with Crippen LogP contribution in [0.4, 0.5) is 4.39 Å². The van der Waals surface area contributed by atoms with Crippen LogP contribution in [0.2, 0.25) is 0 Å². The van der Waals surface area contributed by atoms with Crippen LogP contribution < -0.4 is 11.3 Å². The Morgan fingerprint density at radius 1 is 1.16 bits per heavy atom. The first-order valence-corrected chi connectivity index (χ1v) is 6.81. The minimum absolute atomic E-state index is 0.245. The summed E-state index contributed by atoms with van der Waals surface area (Å²) in [7, 11) is 0. The first-order chi connectivity index (χ1) is 9.04. The van der Waals surface area contributed by atoms with Gasteiger partial charge in [-0.15, -0.1) is 0 Å². The fraction of sp³-hybridized carbons (Fsp3) is 0.200. The van der Waals surface area contributed by atoms with Crippen LogP contribution in [0.25, 0.3) is 0 Å². The summed E-state index contributed by atoms with van der Waals surface area (Å²) < 4.78 is 14.1. The maximum absolute atomic E-state index is 13.6. The van der Waals surface area contributed by atoms with Gasteiger partial charge in [-0.25, -0.2) is 9.82 Å². The standard InChI is InChI=1S/C15H16BrFN2/c1-9-6-7-11(10(2)8-9)15(19-18)12-4-3-5-13(17)14(12)16/h3-8,15,19H,18H2,1-2H3. The van der Waals surface area contributed by atoms with E-state index in [1.807, 2.05) is 32.0 Å². The minimum Gasteiger partial charge on any atom is -0.271 e. The molecule has 2 aromatic rings. The van der Waals surface area contributed by atoms with Crippen molar-refractivity contribution < 1.29 is 4.39 Å². The summed E-state index contributed by atoms with van der Waals surface area (Å²) in [5.74, 6) is 5.38. The molecule has 0 spiro atoms. The fourth-order valence-electron chi connectivity index (χ4n) is 2.24. The predicted octanol–water partition coefficient (Wildman–Crippen LogP) is 3.76. The number of rotatable bonds is 3. The molecule has 4 heteroatoms. The number of nitrogens with one attached hydrogen (secondary N) is 1. The second kappa shape index (κ2) is 5.82. The maximum Gasteiger partial charge on any atom is 0.137 e. The number of nitrogens with two attached hydrogens (primary N) is 1. The van der Waals surface area contributed by atoms with Crippen molar-refractivity contribution in [3.63, 3.8) is 0 Å². The molecule has 0 heterocycles. The number of hydrogen-bond donors (Lipinski definition) is 2. The summed E-state index contributed by atoms with van der Waals surface area (Å²) in [5.41, 5.74) is 6.91. The zero-order chi connectivity index (χ0) is 14.0. The molecule has 0 aliphatic heterocycles. The quantitative estimate of drug-likeness (QED) is 0.667. The zero-order valence-corrected chi connectivity index (χ0v) is 12.5. The molecule has 0 aliphatic rings. The van der Waals surface area contributed by atoms with Gasteiger partial charge in [-0.1, -0.05) is 35.9 Å². The van der Waals surface area contributed by atoms with Gasteiger partial charge in [-0.2, -0.15) is 0 Å². The van der Waals surface area contributed by atoms with Gasteiger partial charge in [-0.05, 0) is 52.5 Å². The Labute approximate surface area is 120 Å². The van der Waals surface area contributed by atoms with Crippen LogP contribution in [0.15, 0.2) is 40.9 Å². The monoisotopic (exact) mass is 322 g/mol. The van der Waals surface area contributed by atoms with E-state index in [9.17, 15) is 4.39 Å². The Morgan fingerprint density at radius 2 is 1.89 bits per heavy atom. The summed E-state index contributed by atoms with van der Waals surface area (Å²) in [6.07, 6.45) is 0. The van der Waals surface area contributed by atoms with E-state index >= 15 is 0 Å². The molecule has 0 saturated carbocycles. The van der Waals surface area contributed by atoms with Gasteiger partial charge < -0.3 is 0 Å². The van der Waals surface area contributed by atoms with Gasteiger partial charge in [0.15, 0.2) is 0 Å². The van der Waals surface area contributed by atoms with Gasteiger partial charge in [0.25, 0.3) is 0 Å². The Kier molecular flexibility index (Phi) is 4.34. The molecule has 1 unspecified atom stereocenters. The van der Waals surface area contributed by atoms with Crippen molar-refractivity contribution >= 4 is 15.9 Å². The van der Waals surface area contributed by atoms with E-state index in [0.717, 1.165) is 16.7 Å². The lowest BCUT2D eigenvalue weighted by molar-refractivity contribution is 0.596. The van der Waals surface area contributed by atoms with Crippen LogP contribution >= 0.6 is 15.9 Å². The summed E-state index contributed by atoms with van der Waals surface area (Å²) >= 11 is 3.29. The average molecular weight is 323 g/mol. The first-order valence-electron chi connectivity index (χ1n) is 6.01. The molecule has 2 rings (SSSR count). The Bertz CT molecular complexity index is 599. The highest BCUT2D eigenvalue weighted by Crippen LogP contribution is 2.31. The highest BCUT2D eigenvalue weighted by molar-refractivity contribution is 9.10. The van der Waals surface area contributed by atoms with Gasteiger partial charge in [0.2, 0.25) is 0 Å². The van der Waals surface area contributed by atoms with Crippen molar-refractivity contribution in [1.29, 1.82) is 0 Å². The van der Waals surface area contributed by atoms with Crippen molar-refractivity contribution in [3.05, 3.63) is 68.9 Å². The van der Waals surface area contributed by atoms with Crippen LogP contribution in [-0.2, 0) is 0 Å². The third-order valence-electron chi connectivity index (χ3n) is 3.20. The Hall–Kier alpha value is -1.23. The van der Waals surface area contributed by atoms with E-state index < -0.39 is 0 Å². The van der Waals surface area contributed by atoms with Crippen LogP contribution in [0.3, 0.4) is 0 Å². The van der Waals surface area contributed by atoms with Gasteiger partial charge in [-0.3, -0.25) is 5.84 Å². The van der Waals surface area contributed by atoms with Crippen LogP contribution in [0, 0.1) is 19.7 Å². The van der Waals surface area contributed by atoms with E-state index in [0.29, 0.717) is 4.47 Å². The summed E-state index contributed by atoms with van der Waals surface area (Å²) in [4.78, 5) is 0. The number of hydrazine groups is 1. The second-order valence-corrected chi connectivity index (χ2v) is 5.40. The Balaban J connectivity index is 2.53. The molecule has 0 bridgehead atoms. The lowest BCUT2D eigenvalue weighted by Crippen LogP contribution is -2.29. The highest BCUT2D eigenvalue weighted by Gasteiger charge is 2.18. The average Bonchev–Trinajstić information content (AvgIpc) is 2.37. The van der Waals surface area contributed by atoms with Crippen molar-refractivity contribution in [3.8, 4) is 0 Å². The molecule has 2 aromatic carbocycles. The van der Waals surface area contributed by atoms with Crippen molar-refractivity contribution in [2.24, 2.45) is 5.84 Å². The van der Waals surface area contributed by atoms with Gasteiger partial charge in [0.05, 0.1) is 10.5 Å².